The second kappa shape index (κ2) is 17.6. The molecule has 0 saturated heterocycles. The summed E-state index contributed by atoms with van der Waals surface area (Å²) in [5.41, 5.74) is 0. The van der Waals surface area contributed by atoms with Crippen molar-refractivity contribution in [3.05, 3.63) is 0 Å². The molecule has 0 nitrogen and oxygen atoms in total. The summed E-state index contributed by atoms with van der Waals surface area (Å²) in [4.78, 5) is 0. The van der Waals surface area contributed by atoms with Gasteiger partial charge in [-0.2, -0.15) is 0 Å². The summed E-state index contributed by atoms with van der Waals surface area (Å²) in [7, 11) is 0. The molecule has 0 bridgehead atoms. The molecule has 0 unspecified atom stereocenters. The molecule has 0 aromatic rings. The minimum atomic E-state index is -1.82. The predicted octanol–water partition coefficient (Wildman–Crippen LogP) is 8.98. The van der Waals surface area contributed by atoms with Crippen LogP contribution in [0.5, 0.6) is 0 Å². The fraction of sp³-hybridized carbons (Fsp3) is 1.00. The molecule has 0 rings (SSSR count). The summed E-state index contributed by atoms with van der Waals surface area (Å²) in [5, 5.41) is 0. The number of unbranched alkanes of at least 4 members (excludes halogenated alkanes) is 10. The van der Waals surface area contributed by atoms with Crippen molar-refractivity contribution in [3.63, 3.8) is 0 Å². The number of hydrogen-bond donors (Lipinski definition) is 0. The predicted molar refractivity (Wildman–Crippen MR) is 112 cm³/mol. The van der Waals surface area contributed by atoms with E-state index < -0.39 is 18.4 Å². The van der Waals surface area contributed by atoms with Crippen LogP contribution >= 0.6 is 0 Å². The number of hydrogen-bond acceptors (Lipinski definition) is 0. The molecule has 140 valence electrons. The van der Waals surface area contributed by atoms with Crippen LogP contribution in [0.3, 0.4) is 0 Å². The van der Waals surface area contributed by atoms with Gasteiger partial charge in [0.15, 0.2) is 0 Å². The topological polar surface area (TPSA) is 0 Å². The molecule has 0 aliphatic rings. The van der Waals surface area contributed by atoms with Crippen LogP contribution in [-0.4, -0.2) is 18.4 Å². The van der Waals surface area contributed by atoms with Crippen molar-refractivity contribution in [1.29, 1.82) is 0 Å². The van der Waals surface area contributed by atoms with Gasteiger partial charge >= 0.3 is 154 Å². The van der Waals surface area contributed by atoms with Crippen molar-refractivity contribution in [3.8, 4) is 0 Å². The van der Waals surface area contributed by atoms with Crippen LogP contribution in [0.1, 0.15) is 118 Å². The van der Waals surface area contributed by atoms with E-state index in [1.54, 1.807) is 43.4 Å². The van der Waals surface area contributed by atoms with Crippen LogP contribution in [0, 0.1) is 0 Å². The van der Waals surface area contributed by atoms with Gasteiger partial charge in [-0.05, 0) is 0 Å². The Labute approximate surface area is 153 Å². The van der Waals surface area contributed by atoms with Crippen molar-refractivity contribution in [2.75, 3.05) is 0 Å². The van der Waals surface area contributed by atoms with E-state index in [1.165, 1.54) is 64.2 Å². The van der Waals surface area contributed by atoms with Crippen molar-refractivity contribution >= 4 is 18.4 Å². The summed E-state index contributed by atoms with van der Waals surface area (Å²) in [6, 6.07) is 0. The standard InChI is InChI=1S/3C6H13.C4H9.Sn/c3*1-3-5-6-4-2;1-3-4-2;/h3*1,3-6H2,2H3;1,3-4H2,2H3;. The van der Waals surface area contributed by atoms with Gasteiger partial charge in [0.25, 0.3) is 0 Å². The molecule has 0 radical (unpaired) electrons. The zero-order valence-electron chi connectivity index (χ0n) is 17.2. The van der Waals surface area contributed by atoms with Crippen LogP contribution in [0.4, 0.5) is 0 Å². The van der Waals surface area contributed by atoms with Crippen molar-refractivity contribution < 1.29 is 0 Å². The van der Waals surface area contributed by atoms with Crippen molar-refractivity contribution in [2.24, 2.45) is 0 Å². The first-order valence-electron chi connectivity index (χ1n) is 11.2. The average Bonchev–Trinajstić information content (AvgIpc) is 2.57. The van der Waals surface area contributed by atoms with E-state index in [4.69, 9.17) is 0 Å². The molecule has 0 spiro atoms. The third-order valence-corrected chi connectivity index (χ3v) is 21.9. The fourth-order valence-corrected chi connectivity index (χ4v) is 20.1. The number of rotatable bonds is 18. The molecule has 0 aromatic heterocycles. The molecular weight excluding hydrogens is 383 g/mol. The van der Waals surface area contributed by atoms with E-state index in [2.05, 4.69) is 27.7 Å². The first-order chi connectivity index (χ1) is 11.2. The molecule has 0 amide bonds. The Balaban J connectivity index is 4.51. The first-order valence-corrected chi connectivity index (χ1v) is 19.3. The van der Waals surface area contributed by atoms with Gasteiger partial charge in [0.1, 0.15) is 0 Å². The maximum atomic E-state index is 2.40. The summed E-state index contributed by atoms with van der Waals surface area (Å²) < 4.78 is 6.91. The summed E-state index contributed by atoms with van der Waals surface area (Å²) in [6.07, 6.45) is 20.9. The van der Waals surface area contributed by atoms with Gasteiger partial charge in [-0.25, -0.2) is 0 Å². The Morgan fingerprint density at radius 1 is 0.348 bits per heavy atom. The van der Waals surface area contributed by atoms with E-state index >= 15 is 0 Å². The average molecular weight is 431 g/mol. The van der Waals surface area contributed by atoms with Gasteiger partial charge < -0.3 is 0 Å². The fourth-order valence-electron chi connectivity index (χ4n) is 4.08. The molecule has 0 heterocycles. The zero-order valence-corrected chi connectivity index (χ0v) is 20.1. The second-order valence-corrected chi connectivity index (χ2v) is 22.3. The molecule has 23 heavy (non-hydrogen) atoms. The molecular formula is C22H48Sn. The zero-order chi connectivity index (χ0) is 17.2. The van der Waals surface area contributed by atoms with E-state index in [-0.39, 0.29) is 0 Å². The molecule has 0 atom stereocenters. The van der Waals surface area contributed by atoms with Crippen LogP contribution in [0.15, 0.2) is 0 Å². The van der Waals surface area contributed by atoms with Gasteiger partial charge in [-0.15, -0.1) is 0 Å². The van der Waals surface area contributed by atoms with Crippen LogP contribution < -0.4 is 0 Å². The summed E-state index contributed by atoms with van der Waals surface area (Å²) >= 11 is -1.82. The van der Waals surface area contributed by atoms with Gasteiger partial charge in [0.05, 0.1) is 0 Å². The molecule has 0 saturated carbocycles. The van der Waals surface area contributed by atoms with E-state index in [0.717, 1.165) is 0 Å². The van der Waals surface area contributed by atoms with Crippen molar-refractivity contribution in [2.45, 2.75) is 135 Å². The van der Waals surface area contributed by atoms with Gasteiger partial charge in [-0.3, -0.25) is 0 Å². The molecule has 0 aliphatic carbocycles. The molecule has 0 N–H and O–H groups in total. The van der Waals surface area contributed by atoms with Crippen LogP contribution in [0.25, 0.3) is 0 Å². The maximum absolute atomic E-state index is 2.40. The third-order valence-electron chi connectivity index (χ3n) is 5.74. The van der Waals surface area contributed by atoms with E-state index in [1.807, 2.05) is 0 Å². The normalized spacial score (nSPS) is 12.0. The molecule has 0 aliphatic heterocycles. The molecule has 1 heteroatoms. The van der Waals surface area contributed by atoms with Gasteiger partial charge in [0.2, 0.25) is 0 Å². The third kappa shape index (κ3) is 13.7. The quantitative estimate of drug-likeness (QED) is 0.150. The van der Waals surface area contributed by atoms with Gasteiger partial charge in [0, 0.05) is 0 Å². The monoisotopic (exact) mass is 432 g/mol. The Morgan fingerprint density at radius 2 is 0.652 bits per heavy atom. The molecule has 0 aromatic carbocycles. The van der Waals surface area contributed by atoms with Crippen molar-refractivity contribution in [1.82, 2.24) is 0 Å². The Hall–Kier alpha value is 0.799. The Bertz CT molecular complexity index is 193. The second-order valence-electron chi connectivity index (χ2n) is 8.04. The Kier molecular flexibility index (Phi) is 18.2. The minimum absolute atomic E-state index is 1.39. The van der Waals surface area contributed by atoms with Gasteiger partial charge in [-0.1, -0.05) is 0 Å². The van der Waals surface area contributed by atoms with E-state index in [9.17, 15) is 0 Å². The Morgan fingerprint density at radius 3 is 0.957 bits per heavy atom. The van der Waals surface area contributed by atoms with Crippen LogP contribution in [0.2, 0.25) is 17.7 Å². The molecule has 0 fully saturated rings. The van der Waals surface area contributed by atoms with Crippen LogP contribution in [-0.2, 0) is 0 Å². The summed E-state index contributed by atoms with van der Waals surface area (Å²) in [5.74, 6) is 0. The summed E-state index contributed by atoms with van der Waals surface area (Å²) in [6.45, 7) is 9.46. The SMILES string of the molecule is CCCCC[CH2][Sn]([CH2]CCC)([CH2]CCCCC)[CH2]CCCCC. The first kappa shape index (κ1) is 23.8. The van der Waals surface area contributed by atoms with E-state index in [0.29, 0.717) is 0 Å².